The average molecular weight is 432 g/mol. The van der Waals surface area contributed by atoms with E-state index in [9.17, 15) is 9.59 Å². The number of benzene rings is 2. The molecule has 1 N–H and O–H groups in total. The number of nitrogens with zero attached hydrogens (tertiary/aromatic N) is 2. The molecule has 152 valence electrons. The molecule has 0 bridgehead atoms. The summed E-state index contributed by atoms with van der Waals surface area (Å²) in [6.45, 7) is 2.77. The standard InChI is InChI=1S/C21H22ClN3O3S/c1-14-5-3-7-16(11-14)24-21-25(9-10-28-2)20(27)18(29-21)13-19(26)23-17-8-4-6-15(22)12-17/h3-8,11-12,18H,9-10,13H2,1-2H3,(H,23,26). The van der Waals surface area contributed by atoms with Gasteiger partial charge in [0.05, 0.1) is 18.8 Å². The van der Waals surface area contributed by atoms with Gasteiger partial charge in [0.1, 0.15) is 5.25 Å². The number of anilines is 1. The summed E-state index contributed by atoms with van der Waals surface area (Å²) in [7, 11) is 1.58. The van der Waals surface area contributed by atoms with Crippen LogP contribution in [0.15, 0.2) is 53.5 Å². The molecule has 1 unspecified atom stereocenters. The second-order valence-electron chi connectivity index (χ2n) is 6.59. The van der Waals surface area contributed by atoms with Crippen LogP contribution in [0.25, 0.3) is 0 Å². The summed E-state index contributed by atoms with van der Waals surface area (Å²) >= 11 is 7.26. The molecule has 8 heteroatoms. The van der Waals surface area contributed by atoms with Crippen molar-refractivity contribution in [3.8, 4) is 0 Å². The van der Waals surface area contributed by atoms with Gasteiger partial charge >= 0.3 is 0 Å². The lowest BCUT2D eigenvalue weighted by Gasteiger charge is -2.15. The molecule has 1 aliphatic heterocycles. The lowest BCUT2D eigenvalue weighted by molar-refractivity contribution is -0.128. The summed E-state index contributed by atoms with van der Waals surface area (Å²) < 4.78 is 5.13. The Morgan fingerprint density at radius 1 is 1.28 bits per heavy atom. The summed E-state index contributed by atoms with van der Waals surface area (Å²) in [4.78, 5) is 31.6. The predicted molar refractivity (Wildman–Crippen MR) is 118 cm³/mol. The fourth-order valence-electron chi connectivity index (χ4n) is 2.87. The van der Waals surface area contributed by atoms with Crippen molar-refractivity contribution < 1.29 is 14.3 Å². The lowest BCUT2D eigenvalue weighted by atomic mass is 10.2. The van der Waals surface area contributed by atoms with Crippen molar-refractivity contribution >= 4 is 51.7 Å². The normalized spacial score (nSPS) is 17.8. The van der Waals surface area contributed by atoms with Crippen LogP contribution in [0, 0.1) is 6.92 Å². The van der Waals surface area contributed by atoms with Crippen molar-refractivity contribution in [3.05, 3.63) is 59.1 Å². The zero-order valence-corrected chi connectivity index (χ0v) is 17.8. The van der Waals surface area contributed by atoms with Crippen LogP contribution in [0.2, 0.25) is 5.02 Å². The second-order valence-corrected chi connectivity index (χ2v) is 8.19. The van der Waals surface area contributed by atoms with Crippen molar-refractivity contribution in [3.63, 3.8) is 0 Å². The van der Waals surface area contributed by atoms with Gasteiger partial charge in [0.15, 0.2) is 5.17 Å². The predicted octanol–water partition coefficient (Wildman–Crippen LogP) is 4.26. The molecular weight excluding hydrogens is 410 g/mol. The molecule has 0 saturated carbocycles. The van der Waals surface area contributed by atoms with E-state index >= 15 is 0 Å². The number of methoxy groups -OCH3 is 1. The highest BCUT2D eigenvalue weighted by atomic mass is 35.5. The number of halogens is 1. The summed E-state index contributed by atoms with van der Waals surface area (Å²) in [6.07, 6.45) is 0.0479. The molecule has 2 amide bonds. The van der Waals surface area contributed by atoms with Gasteiger partial charge in [0, 0.05) is 24.2 Å². The molecule has 2 aromatic carbocycles. The third kappa shape index (κ3) is 5.82. The van der Waals surface area contributed by atoms with Crippen molar-refractivity contribution in [2.75, 3.05) is 25.6 Å². The summed E-state index contributed by atoms with van der Waals surface area (Å²) in [5.41, 5.74) is 2.46. The van der Waals surface area contributed by atoms with Crippen molar-refractivity contribution in [2.24, 2.45) is 4.99 Å². The molecule has 0 aromatic heterocycles. The Kier molecular flexibility index (Phi) is 7.30. The van der Waals surface area contributed by atoms with Gasteiger partial charge in [0.2, 0.25) is 11.8 Å². The number of carbonyl (C=O) groups excluding carboxylic acids is 2. The largest absolute Gasteiger partial charge is 0.383 e. The molecule has 0 aliphatic carbocycles. The maximum Gasteiger partial charge on any atom is 0.242 e. The molecule has 2 aromatic rings. The molecule has 6 nitrogen and oxygen atoms in total. The lowest BCUT2D eigenvalue weighted by Crippen LogP contribution is -2.35. The van der Waals surface area contributed by atoms with E-state index in [1.807, 2.05) is 31.2 Å². The summed E-state index contributed by atoms with van der Waals surface area (Å²) in [6, 6.07) is 14.7. The van der Waals surface area contributed by atoms with E-state index in [1.165, 1.54) is 11.8 Å². The van der Waals surface area contributed by atoms with Crippen LogP contribution in [-0.4, -0.2) is 47.4 Å². The highest BCUT2D eigenvalue weighted by Crippen LogP contribution is 2.32. The molecule has 0 spiro atoms. The molecule has 1 saturated heterocycles. The molecule has 1 atom stereocenters. The van der Waals surface area contributed by atoms with Crippen molar-refractivity contribution in [2.45, 2.75) is 18.6 Å². The fraction of sp³-hybridized carbons (Fsp3) is 0.286. The number of nitrogens with one attached hydrogen (secondary N) is 1. The minimum atomic E-state index is -0.533. The van der Waals surface area contributed by atoms with Crippen LogP contribution in [0.1, 0.15) is 12.0 Å². The highest BCUT2D eigenvalue weighted by Gasteiger charge is 2.39. The number of amides is 2. The van der Waals surface area contributed by atoms with Gasteiger partial charge in [-0.3, -0.25) is 14.5 Å². The van der Waals surface area contributed by atoms with E-state index in [-0.39, 0.29) is 18.2 Å². The average Bonchev–Trinajstić information content (AvgIpc) is 2.94. The van der Waals surface area contributed by atoms with Crippen LogP contribution >= 0.6 is 23.4 Å². The monoisotopic (exact) mass is 431 g/mol. The van der Waals surface area contributed by atoms with Gasteiger partial charge in [0.25, 0.3) is 0 Å². The topological polar surface area (TPSA) is 71.0 Å². The van der Waals surface area contributed by atoms with Crippen LogP contribution < -0.4 is 5.32 Å². The van der Waals surface area contributed by atoms with E-state index in [0.29, 0.717) is 29.0 Å². The molecule has 0 radical (unpaired) electrons. The van der Waals surface area contributed by atoms with E-state index in [4.69, 9.17) is 16.3 Å². The second kappa shape index (κ2) is 9.91. The number of hydrogen-bond donors (Lipinski definition) is 1. The fourth-order valence-corrected chi connectivity index (χ4v) is 4.24. The SMILES string of the molecule is COCCN1C(=O)C(CC(=O)Nc2cccc(Cl)c2)SC1=Nc1cccc(C)c1. The van der Waals surface area contributed by atoms with Crippen molar-refractivity contribution in [1.82, 2.24) is 4.90 Å². The van der Waals surface area contributed by atoms with Gasteiger partial charge in [-0.2, -0.15) is 0 Å². The quantitative estimate of drug-likeness (QED) is 0.711. The molecule has 1 fully saturated rings. The zero-order chi connectivity index (χ0) is 20.8. The van der Waals surface area contributed by atoms with Crippen LogP contribution in [0.3, 0.4) is 0 Å². The van der Waals surface area contributed by atoms with Gasteiger partial charge in [-0.15, -0.1) is 0 Å². The summed E-state index contributed by atoms with van der Waals surface area (Å²) in [5.74, 6) is -0.388. The van der Waals surface area contributed by atoms with Crippen LogP contribution in [0.5, 0.6) is 0 Å². The number of carbonyl (C=O) groups is 2. The first-order valence-electron chi connectivity index (χ1n) is 9.14. The van der Waals surface area contributed by atoms with Gasteiger partial charge in [-0.1, -0.05) is 41.6 Å². The zero-order valence-electron chi connectivity index (χ0n) is 16.2. The Hall–Kier alpha value is -2.35. The van der Waals surface area contributed by atoms with Gasteiger partial charge in [-0.25, -0.2) is 4.99 Å². The Morgan fingerprint density at radius 2 is 2.07 bits per heavy atom. The maximum absolute atomic E-state index is 12.9. The molecule has 29 heavy (non-hydrogen) atoms. The number of hydrogen-bond acceptors (Lipinski definition) is 5. The van der Waals surface area contributed by atoms with Crippen LogP contribution in [0.4, 0.5) is 11.4 Å². The molecular formula is C21H22ClN3O3S. The maximum atomic E-state index is 12.9. The number of aryl methyl sites for hydroxylation is 1. The highest BCUT2D eigenvalue weighted by molar-refractivity contribution is 8.15. The Morgan fingerprint density at radius 3 is 2.79 bits per heavy atom. The Labute approximate surface area is 179 Å². The number of thioether (sulfide) groups is 1. The minimum absolute atomic E-state index is 0.0479. The number of rotatable bonds is 7. The first-order valence-corrected chi connectivity index (χ1v) is 10.4. The summed E-state index contributed by atoms with van der Waals surface area (Å²) in [5, 5.41) is 3.37. The Bertz CT molecular complexity index is 935. The Balaban J connectivity index is 1.74. The molecule has 3 rings (SSSR count). The number of amidine groups is 1. The van der Waals surface area contributed by atoms with Gasteiger partial charge in [-0.05, 0) is 42.8 Å². The van der Waals surface area contributed by atoms with Gasteiger partial charge < -0.3 is 10.1 Å². The van der Waals surface area contributed by atoms with Crippen molar-refractivity contribution in [1.29, 1.82) is 0 Å². The smallest absolute Gasteiger partial charge is 0.242 e. The van der Waals surface area contributed by atoms with E-state index < -0.39 is 5.25 Å². The molecule has 1 heterocycles. The van der Waals surface area contributed by atoms with E-state index in [2.05, 4.69) is 10.3 Å². The first-order chi connectivity index (χ1) is 14.0. The minimum Gasteiger partial charge on any atom is -0.383 e. The first kappa shape index (κ1) is 21.4. The molecule has 1 aliphatic rings. The van der Waals surface area contributed by atoms with E-state index in [1.54, 1.807) is 36.3 Å². The third-order valence-electron chi connectivity index (χ3n) is 4.24. The number of aliphatic imine (C=N–C) groups is 1. The van der Waals surface area contributed by atoms with E-state index in [0.717, 1.165) is 11.3 Å². The number of ether oxygens (including phenoxy) is 1. The third-order valence-corrected chi connectivity index (χ3v) is 5.66. The van der Waals surface area contributed by atoms with Crippen LogP contribution in [-0.2, 0) is 14.3 Å².